The molecular weight excluding hydrogens is 458 g/mol. The predicted molar refractivity (Wildman–Crippen MR) is 136 cm³/mol. The normalized spacial score (nSPS) is 15.1. The minimum atomic E-state index is -1.17. The van der Waals surface area contributed by atoms with E-state index in [1.54, 1.807) is 18.4 Å². The molecule has 0 saturated carbocycles. The minimum Gasteiger partial charge on any atom is -0.464 e. The third kappa shape index (κ3) is 4.98. The van der Waals surface area contributed by atoms with Crippen LogP contribution in [0, 0.1) is 0 Å². The van der Waals surface area contributed by atoms with Crippen molar-refractivity contribution in [2.75, 3.05) is 13.2 Å². The first-order valence-corrected chi connectivity index (χ1v) is 12.0. The van der Waals surface area contributed by atoms with Gasteiger partial charge in [0.25, 0.3) is 0 Å². The van der Waals surface area contributed by atoms with Crippen LogP contribution in [-0.2, 0) is 19.1 Å². The first-order valence-electron chi connectivity index (χ1n) is 12.0. The van der Waals surface area contributed by atoms with Crippen LogP contribution in [-0.4, -0.2) is 40.2 Å². The van der Waals surface area contributed by atoms with Crippen molar-refractivity contribution in [2.24, 2.45) is 0 Å². The lowest BCUT2D eigenvalue weighted by Gasteiger charge is -2.32. The van der Waals surface area contributed by atoms with Gasteiger partial charge < -0.3 is 19.5 Å². The second-order valence-corrected chi connectivity index (χ2v) is 9.29. The average Bonchev–Trinajstić information content (AvgIpc) is 3.22. The van der Waals surface area contributed by atoms with Crippen molar-refractivity contribution >= 4 is 11.9 Å². The highest BCUT2D eigenvalue weighted by Crippen LogP contribution is 2.43. The van der Waals surface area contributed by atoms with Gasteiger partial charge in [0, 0.05) is 16.7 Å². The molecule has 0 saturated heterocycles. The second-order valence-electron chi connectivity index (χ2n) is 9.29. The molecule has 188 valence electrons. The summed E-state index contributed by atoms with van der Waals surface area (Å²) in [5, 5.41) is 3.22. The monoisotopic (exact) mass is 489 g/mol. The Labute approximate surface area is 210 Å². The van der Waals surface area contributed by atoms with E-state index in [4.69, 9.17) is 19.2 Å². The number of benzene rings is 2. The third-order valence-corrected chi connectivity index (χ3v) is 5.44. The summed E-state index contributed by atoms with van der Waals surface area (Å²) < 4.78 is 18.7. The van der Waals surface area contributed by atoms with E-state index in [1.807, 2.05) is 81.4 Å². The summed E-state index contributed by atoms with van der Waals surface area (Å²) in [5.41, 5.74) is 2.45. The number of fused-ring (bicyclic) bond motifs is 1. The maximum Gasteiger partial charge on any atom is 0.342 e. The van der Waals surface area contributed by atoms with Crippen LogP contribution in [0.25, 0.3) is 22.5 Å². The van der Waals surface area contributed by atoms with Crippen LogP contribution in [0.2, 0.25) is 0 Å². The van der Waals surface area contributed by atoms with Gasteiger partial charge in [-0.05, 0) is 34.6 Å². The van der Waals surface area contributed by atoms with Crippen molar-refractivity contribution in [1.29, 1.82) is 0 Å². The summed E-state index contributed by atoms with van der Waals surface area (Å²) in [6.45, 7) is 9.50. The molecule has 8 nitrogen and oxygen atoms in total. The lowest BCUT2D eigenvalue weighted by atomic mass is 10.0. The smallest absolute Gasteiger partial charge is 0.342 e. The Balaban J connectivity index is 2.04. The highest BCUT2D eigenvalue weighted by Gasteiger charge is 2.44. The van der Waals surface area contributed by atoms with Crippen LogP contribution < -0.4 is 10.1 Å². The maximum absolute atomic E-state index is 13.5. The molecule has 1 unspecified atom stereocenters. The van der Waals surface area contributed by atoms with Crippen molar-refractivity contribution in [3.63, 3.8) is 0 Å². The van der Waals surface area contributed by atoms with E-state index in [2.05, 4.69) is 5.32 Å². The van der Waals surface area contributed by atoms with Crippen molar-refractivity contribution in [2.45, 2.75) is 46.2 Å². The molecular formula is C28H31N3O5. The van der Waals surface area contributed by atoms with Gasteiger partial charge in [-0.2, -0.15) is 4.98 Å². The minimum absolute atomic E-state index is 0.0342. The van der Waals surface area contributed by atoms with Crippen molar-refractivity contribution < 1.29 is 23.8 Å². The molecule has 1 aromatic heterocycles. The van der Waals surface area contributed by atoms with Crippen LogP contribution in [0.4, 0.5) is 0 Å². The van der Waals surface area contributed by atoms with E-state index in [0.717, 1.165) is 11.1 Å². The molecule has 0 spiro atoms. The molecule has 0 bridgehead atoms. The maximum atomic E-state index is 13.5. The molecule has 0 radical (unpaired) electrons. The van der Waals surface area contributed by atoms with Gasteiger partial charge in [0.2, 0.25) is 5.88 Å². The van der Waals surface area contributed by atoms with Crippen molar-refractivity contribution in [3.8, 4) is 28.5 Å². The molecule has 1 aliphatic heterocycles. The van der Waals surface area contributed by atoms with Gasteiger partial charge in [0.1, 0.15) is 11.3 Å². The quantitative estimate of drug-likeness (QED) is 0.473. The van der Waals surface area contributed by atoms with E-state index in [9.17, 15) is 9.59 Å². The Hall–Kier alpha value is -4.07. The SMILES string of the molecule is CCOC(=O)C1=C(NC(C)(C)C)Oc2nc(-c3ccccc3)c(-c3ccccc3)n2C1C(=O)OCC. The van der Waals surface area contributed by atoms with Gasteiger partial charge in [0.15, 0.2) is 6.04 Å². The molecule has 3 aromatic rings. The zero-order chi connectivity index (χ0) is 25.9. The summed E-state index contributed by atoms with van der Waals surface area (Å²) in [5.74, 6) is -1.15. The fourth-order valence-corrected chi connectivity index (χ4v) is 4.08. The first-order chi connectivity index (χ1) is 17.2. The van der Waals surface area contributed by atoms with Crippen molar-refractivity contribution in [1.82, 2.24) is 14.9 Å². The van der Waals surface area contributed by atoms with Crippen LogP contribution in [0.5, 0.6) is 6.01 Å². The zero-order valence-electron chi connectivity index (χ0n) is 21.2. The Morgan fingerprint density at radius 3 is 2.08 bits per heavy atom. The summed E-state index contributed by atoms with van der Waals surface area (Å²) in [4.78, 5) is 31.6. The van der Waals surface area contributed by atoms with E-state index in [1.165, 1.54) is 0 Å². The molecule has 1 aliphatic rings. The number of esters is 2. The molecule has 8 heteroatoms. The summed E-state index contributed by atoms with van der Waals surface area (Å²) in [7, 11) is 0. The van der Waals surface area contributed by atoms with Crippen LogP contribution in [0.15, 0.2) is 72.1 Å². The largest absolute Gasteiger partial charge is 0.464 e. The summed E-state index contributed by atoms with van der Waals surface area (Å²) in [6, 6.07) is 18.2. The lowest BCUT2D eigenvalue weighted by molar-refractivity contribution is -0.150. The van der Waals surface area contributed by atoms with E-state index in [0.29, 0.717) is 11.4 Å². The fraction of sp³-hybridized carbons (Fsp3) is 0.321. The number of hydrogen-bond acceptors (Lipinski definition) is 7. The van der Waals surface area contributed by atoms with E-state index in [-0.39, 0.29) is 30.7 Å². The summed E-state index contributed by atoms with van der Waals surface area (Å²) in [6.07, 6.45) is 0. The fourth-order valence-electron chi connectivity index (χ4n) is 4.08. The van der Waals surface area contributed by atoms with E-state index < -0.39 is 23.5 Å². The molecule has 0 fully saturated rings. The first kappa shape index (κ1) is 25.0. The highest BCUT2D eigenvalue weighted by atomic mass is 16.6. The van der Waals surface area contributed by atoms with Gasteiger partial charge >= 0.3 is 17.9 Å². The highest BCUT2D eigenvalue weighted by molar-refractivity contribution is 5.98. The number of nitrogens with zero attached hydrogens (tertiary/aromatic N) is 2. The predicted octanol–water partition coefficient (Wildman–Crippen LogP) is 4.88. The molecule has 2 aromatic carbocycles. The molecule has 1 atom stereocenters. The molecule has 0 aliphatic carbocycles. The standard InChI is InChI=1S/C28H31N3O5/c1-6-34-25(32)20-23(26(33)35-7-2)31-22(19-16-12-9-13-17-19)21(18-14-10-8-11-15-18)29-27(31)36-24(20)30-28(3,4)5/h8-17,23,30H,6-7H2,1-5H3. The van der Waals surface area contributed by atoms with Gasteiger partial charge in [0.05, 0.1) is 18.9 Å². The number of carbonyl (C=O) groups excluding carboxylic acids is 2. The number of carbonyl (C=O) groups is 2. The Morgan fingerprint density at radius 1 is 0.944 bits per heavy atom. The molecule has 2 heterocycles. The number of ether oxygens (including phenoxy) is 3. The Kier molecular flexibility index (Phi) is 7.15. The number of imidazole rings is 1. The van der Waals surface area contributed by atoms with Crippen molar-refractivity contribution in [3.05, 3.63) is 72.1 Å². The van der Waals surface area contributed by atoms with Crippen LogP contribution >= 0.6 is 0 Å². The molecule has 0 amide bonds. The molecule has 36 heavy (non-hydrogen) atoms. The third-order valence-electron chi connectivity index (χ3n) is 5.44. The van der Waals surface area contributed by atoms with E-state index >= 15 is 0 Å². The summed E-state index contributed by atoms with van der Waals surface area (Å²) >= 11 is 0. The van der Waals surface area contributed by atoms with Gasteiger partial charge in [-0.1, -0.05) is 60.7 Å². The van der Waals surface area contributed by atoms with Crippen LogP contribution in [0.3, 0.4) is 0 Å². The van der Waals surface area contributed by atoms with Gasteiger partial charge in [-0.3, -0.25) is 4.57 Å². The second kappa shape index (κ2) is 10.3. The number of aromatic nitrogens is 2. The lowest BCUT2D eigenvalue weighted by Crippen LogP contribution is -2.43. The topological polar surface area (TPSA) is 91.7 Å². The van der Waals surface area contributed by atoms with Gasteiger partial charge in [-0.15, -0.1) is 0 Å². The number of rotatable bonds is 7. The Morgan fingerprint density at radius 2 is 1.53 bits per heavy atom. The van der Waals surface area contributed by atoms with Crippen LogP contribution in [0.1, 0.15) is 40.7 Å². The number of nitrogens with one attached hydrogen (secondary N) is 1. The zero-order valence-corrected chi connectivity index (χ0v) is 21.2. The molecule has 1 N–H and O–H groups in total. The molecule has 4 rings (SSSR count). The average molecular weight is 490 g/mol. The number of hydrogen-bond donors (Lipinski definition) is 1. The Bertz CT molecular complexity index is 1270. The van der Waals surface area contributed by atoms with Gasteiger partial charge in [-0.25, -0.2) is 9.59 Å².